The van der Waals surface area contributed by atoms with Gasteiger partial charge in [0.15, 0.2) is 0 Å². The third kappa shape index (κ3) is 4.81. The quantitative estimate of drug-likeness (QED) is 0.459. The first-order valence-corrected chi connectivity index (χ1v) is 5.34. The monoisotopic (exact) mass is 193 g/mol. The van der Waals surface area contributed by atoms with Gasteiger partial charge in [-0.15, -0.1) is 0 Å². The molecule has 2 heteroatoms. The van der Waals surface area contributed by atoms with E-state index in [0.717, 1.165) is 44.0 Å². The van der Waals surface area contributed by atoms with Crippen LogP contribution in [-0.4, -0.2) is 6.29 Å². The molecule has 78 valence electrons. The second kappa shape index (κ2) is 8.50. The van der Waals surface area contributed by atoms with E-state index in [1.165, 1.54) is 5.57 Å². The molecule has 0 aromatic rings. The minimum absolute atomic E-state index is 0.546. The van der Waals surface area contributed by atoms with Crippen molar-refractivity contribution in [1.82, 2.24) is 0 Å². The Morgan fingerprint density at radius 3 is 2.29 bits per heavy atom. The Labute approximate surface area is 86.6 Å². The van der Waals surface area contributed by atoms with Gasteiger partial charge < -0.3 is 4.79 Å². The molecule has 0 rings (SSSR count). The summed E-state index contributed by atoms with van der Waals surface area (Å²) >= 11 is 0. The lowest BCUT2D eigenvalue weighted by atomic mass is 9.97. The van der Waals surface area contributed by atoms with E-state index in [1.54, 1.807) is 0 Å². The summed E-state index contributed by atoms with van der Waals surface area (Å²) in [5, 5.41) is 8.96. The van der Waals surface area contributed by atoms with E-state index in [1.807, 2.05) is 0 Å². The van der Waals surface area contributed by atoms with Gasteiger partial charge in [0, 0.05) is 12.0 Å². The van der Waals surface area contributed by atoms with Crippen molar-refractivity contribution in [2.75, 3.05) is 0 Å². The van der Waals surface area contributed by atoms with Gasteiger partial charge in [-0.2, -0.15) is 5.26 Å². The average Bonchev–Trinajstić information content (AvgIpc) is 2.21. The Kier molecular flexibility index (Phi) is 7.83. The molecule has 0 N–H and O–H groups in total. The lowest BCUT2D eigenvalue weighted by molar-refractivity contribution is -0.107. The number of aldehydes is 1. The minimum Gasteiger partial charge on any atom is -0.303 e. The molecule has 14 heavy (non-hydrogen) atoms. The van der Waals surface area contributed by atoms with Crippen molar-refractivity contribution in [1.29, 1.82) is 5.26 Å². The van der Waals surface area contributed by atoms with E-state index in [0.29, 0.717) is 6.42 Å². The fourth-order valence-corrected chi connectivity index (χ4v) is 1.52. The molecule has 0 bridgehead atoms. The number of hydrogen-bond donors (Lipinski definition) is 0. The average molecular weight is 193 g/mol. The number of hydrogen-bond acceptors (Lipinski definition) is 2. The van der Waals surface area contributed by atoms with E-state index in [-0.39, 0.29) is 0 Å². The zero-order valence-electron chi connectivity index (χ0n) is 9.18. The molecule has 2 nitrogen and oxygen atoms in total. The van der Waals surface area contributed by atoms with Crippen LogP contribution in [0.2, 0.25) is 0 Å². The molecule has 0 heterocycles. The highest BCUT2D eigenvalue weighted by atomic mass is 16.1. The molecule has 0 radical (unpaired) electrons. The van der Waals surface area contributed by atoms with Crippen LogP contribution in [-0.2, 0) is 4.79 Å². The summed E-state index contributed by atoms with van der Waals surface area (Å²) in [7, 11) is 0. The Hall–Kier alpha value is -1.10. The molecule has 0 aromatic heterocycles. The highest BCUT2D eigenvalue weighted by Crippen LogP contribution is 2.19. The predicted octanol–water partition coefficient (Wildman–Crippen LogP) is 3.39. The highest BCUT2D eigenvalue weighted by molar-refractivity contribution is 5.50. The molecule has 0 aliphatic rings. The van der Waals surface area contributed by atoms with Crippen molar-refractivity contribution < 1.29 is 4.79 Å². The Bertz CT molecular complexity index is 235. The molecule has 0 saturated carbocycles. The van der Waals surface area contributed by atoms with E-state index in [9.17, 15) is 4.79 Å². The predicted molar refractivity (Wildman–Crippen MR) is 57.8 cm³/mol. The van der Waals surface area contributed by atoms with Gasteiger partial charge in [-0.1, -0.05) is 32.3 Å². The summed E-state index contributed by atoms with van der Waals surface area (Å²) in [4.78, 5) is 10.3. The maximum absolute atomic E-state index is 10.3. The second-order valence-corrected chi connectivity index (χ2v) is 3.40. The molecular formula is C12H19NO. The molecule has 0 amide bonds. The van der Waals surface area contributed by atoms with E-state index >= 15 is 0 Å². The minimum atomic E-state index is 0.546. The van der Waals surface area contributed by atoms with Crippen molar-refractivity contribution >= 4 is 6.29 Å². The van der Waals surface area contributed by atoms with Crippen molar-refractivity contribution in [2.45, 2.75) is 52.4 Å². The lowest BCUT2D eigenvalue weighted by Gasteiger charge is -2.07. The molecule has 0 aromatic carbocycles. The summed E-state index contributed by atoms with van der Waals surface area (Å²) in [6.45, 7) is 4.17. The van der Waals surface area contributed by atoms with Gasteiger partial charge >= 0.3 is 0 Å². The van der Waals surface area contributed by atoms with E-state index in [2.05, 4.69) is 19.9 Å². The van der Waals surface area contributed by atoms with Crippen LogP contribution in [0.1, 0.15) is 52.4 Å². The Balaban J connectivity index is 4.52. The molecule has 0 fully saturated rings. The van der Waals surface area contributed by atoms with Gasteiger partial charge in [-0.05, 0) is 19.3 Å². The first-order valence-electron chi connectivity index (χ1n) is 5.34. The molecule has 0 unspecified atom stereocenters. The van der Waals surface area contributed by atoms with Crippen LogP contribution < -0.4 is 0 Å². The van der Waals surface area contributed by atoms with E-state index in [4.69, 9.17) is 5.26 Å². The normalized spacial score (nSPS) is 11.8. The maximum Gasteiger partial charge on any atom is 0.120 e. The third-order valence-electron chi connectivity index (χ3n) is 2.18. The van der Waals surface area contributed by atoms with Crippen molar-refractivity contribution in [3.63, 3.8) is 0 Å². The standard InChI is InChI=1S/C12H19NO/c1-3-6-11(8-5-9-14)12(10-13)7-4-2/h9H,3-8H2,1-2H3/b12-11-. The molecule has 0 atom stereocenters. The van der Waals surface area contributed by atoms with Gasteiger partial charge in [0.25, 0.3) is 0 Å². The summed E-state index contributed by atoms with van der Waals surface area (Å²) in [6, 6.07) is 2.26. The summed E-state index contributed by atoms with van der Waals surface area (Å²) in [5.74, 6) is 0. The fourth-order valence-electron chi connectivity index (χ4n) is 1.52. The molecular weight excluding hydrogens is 174 g/mol. The van der Waals surface area contributed by atoms with Crippen LogP contribution in [0.25, 0.3) is 0 Å². The highest BCUT2D eigenvalue weighted by Gasteiger charge is 2.04. The van der Waals surface area contributed by atoms with Gasteiger partial charge in [0.2, 0.25) is 0 Å². The molecule has 0 spiro atoms. The van der Waals surface area contributed by atoms with Crippen LogP contribution >= 0.6 is 0 Å². The second-order valence-electron chi connectivity index (χ2n) is 3.40. The number of nitrogens with zero attached hydrogens (tertiary/aromatic N) is 1. The van der Waals surface area contributed by atoms with Crippen LogP contribution in [0, 0.1) is 11.3 Å². The van der Waals surface area contributed by atoms with Crippen LogP contribution in [0.3, 0.4) is 0 Å². The summed E-state index contributed by atoms with van der Waals surface area (Å²) in [5.41, 5.74) is 2.08. The zero-order chi connectivity index (χ0) is 10.8. The van der Waals surface area contributed by atoms with E-state index < -0.39 is 0 Å². The van der Waals surface area contributed by atoms with Gasteiger partial charge in [0.1, 0.15) is 6.29 Å². The van der Waals surface area contributed by atoms with Gasteiger partial charge in [-0.25, -0.2) is 0 Å². The number of allylic oxidation sites excluding steroid dienone is 2. The topological polar surface area (TPSA) is 40.9 Å². The zero-order valence-corrected chi connectivity index (χ0v) is 9.18. The number of carbonyl (C=O) groups excluding carboxylic acids is 1. The largest absolute Gasteiger partial charge is 0.303 e. The van der Waals surface area contributed by atoms with Gasteiger partial charge in [0.05, 0.1) is 6.07 Å². The third-order valence-corrected chi connectivity index (χ3v) is 2.18. The first kappa shape index (κ1) is 12.9. The van der Waals surface area contributed by atoms with Crippen molar-refractivity contribution in [2.24, 2.45) is 0 Å². The molecule has 0 aliphatic carbocycles. The smallest absolute Gasteiger partial charge is 0.120 e. The van der Waals surface area contributed by atoms with Crippen LogP contribution in [0.15, 0.2) is 11.1 Å². The summed E-state index contributed by atoms with van der Waals surface area (Å²) in [6.07, 6.45) is 6.09. The first-order chi connectivity index (χ1) is 6.79. The number of carbonyl (C=O) groups is 1. The maximum atomic E-state index is 10.3. The number of nitriles is 1. The van der Waals surface area contributed by atoms with Crippen molar-refractivity contribution in [3.8, 4) is 6.07 Å². The summed E-state index contributed by atoms with van der Waals surface area (Å²) < 4.78 is 0. The molecule has 0 aliphatic heterocycles. The molecule has 0 saturated heterocycles. The Morgan fingerprint density at radius 2 is 1.86 bits per heavy atom. The number of rotatable bonds is 7. The SMILES string of the molecule is CCC/C(C#N)=C(\CCC)CCC=O. The van der Waals surface area contributed by atoms with Crippen LogP contribution in [0.5, 0.6) is 0 Å². The van der Waals surface area contributed by atoms with Crippen molar-refractivity contribution in [3.05, 3.63) is 11.1 Å². The Morgan fingerprint density at radius 1 is 1.21 bits per heavy atom. The van der Waals surface area contributed by atoms with Gasteiger partial charge in [-0.3, -0.25) is 0 Å². The fraction of sp³-hybridized carbons (Fsp3) is 0.667. The lowest BCUT2D eigenvalue weighted by Crippen LogP contribution is -1.92. The van der Waals surface area contributed by atoms with Crippen LogP contribution in [0.4, 0.5) is 0 Å².